The van der Waals surface area contributed by atoms with Crippen molar-refractivity contribution in [3.63, 3.8) is 0 Å². The maximum atomic E-state index is 14.2. The van der Waals surface area contributed by atoms with Gasteiger partial charge in [-0.1, -0.05) is 29.4 Å². The fourth-order valence-electron chi connectivity index (χ4n) is 3.88. The van der Waals surface area contributed by atoms with Gasteiger partial charge in [0.15, 0.2) is 11.5 Å². The Morgan fingerprint density at radius 1 is 1.10 bits per heavy atom. The summed E-state index contributed by atoms with van der Waals surface area (Å²) in [6.45, 7) is 3.26. The second-order valence-corrected chi connectivity index (χ2v) is 7.23. The molecule has 2 aliphatic heterocycles. The molecule has 154 valence electrons. The van der Waals surface area contributed by atoms with Crippen LogP contribution in [-0.4, -0.2) is 57.2 Å². The summed E-state index contributed by atoms with van der Waals surface area (Å²) in [5.74, 6) is 1.21. The van der Waals surface area contributed by atoms with Crippen molar-refractivity contribution in [1.82, 2.24) is 4.90 Å². The predicted molar refractivity (Wildman–Crippen MR) is 107 cm³/mol. The first-order chi connectivity index (χ1) is 14.2. The Kier molecular flexibility index (Phi) is 5.97. The highest BCUT2D eigenvalue weighted by molar-refractivity contribution is 6.03. The molecule has 0 aliphatic carbocycles. The smallest absolute Gasteiger partial charge is 0.161 e. The van der Waals surface area contributed by atoms with E-state index in [0.29, 0.717) is 36.0 Å². The first-order valence-electron chi connectivity index (χ1n) is 9.69. The molecule has 0 saturated carbocycles. The Hall–Kier alpha value is -2.64. The summed E-state index contributed by atoms with van der Waals surface area (Å²) in [6, 6.07) is 12.7. The van der Waals surface area contributed by atoms with Crippen LogP contribution in [0.2, 0.25) is 0 Å². The number of rotatable bonds is 8. The fraction of sp³-hybridized carbons (Fsp3) is 0.409. The predicted octanol–water partition coefficient (Wildman–Crippen LogP) is 3.09. The normalized spacial score (nSPS) is 20.9. The third-order valence-electron chi connectivity index (χ3n) is 5.31. The molecule has 2 aromatic carbocycles. The number of nitrogens with zero attached hydrogens (tertiary/aromatic N) is 2. The molecule has 4 rings (SSSR count). The van der Waals surface area contributed by atoms with E-state index in [2.05, 4.69) is 10.1 Å². The molecule has 29 heavy (non-hydrogen) atoms. The lowest BCUT2D eigenvalue weighted by Crippen LogP contribution is -2.23. The van der Waals surface area contributed by atoms with E-state index in [1.807, 2.05) is 24.3 Å². The summed E-state index contributed by atoms with van der Waals surface area (Å²) in [5, 5.41) is 4.17. The number of halogens is 1. The Morgan fingerprint density at radius 2 is 1.97 bits per heavy atom. The average Bonchev–Trinajstić information content (AvgIpc) is 3.30. The highest BCUT2D eigenvalue weighted by Gasteiger charge is 2.43. The molecule has 0 N–H and O–H groups in total. The molecule has 0 unspecified atom stereocenters. The summed E-state index contributed by atoms with van der Waals surface area (Å²) in [7, 11) is 3.27. The quantitative estimate of drug-likeness (QED) is 0.638. The number of fused-ring (bicyclic) bond motifs is 1. The van der Waals surface area contributed by atoms with Gasteiger partial charge in [0.05, 0.1) is 25.3 Å². The highest BCUT2D eigenvalue weighted by atomic mass is 19.1. The molecule has 2 heterocycles. The number of hydrogen-bond donors (Lipinski definition) is 0. The summed E-state index contributed by atoms with van der Waals surface area (Å²) in [5.41, 5.74) is 2.35. The lowest BCUT2D eigenvalue weighted by Gasteiger charge is -2.18. The molecule has 2 aromatic rings. The standard InChI is InChI=1S/C22H25FN2O4/c1-26-9-10-28-19-8-7-15(11-20(19)27-2)12-25-13-17-21(14-25)29-24-22(17)16-5-3-4-6-18(16)23/h3-8,11,17,21H,9-10,12-14H2,1-2H3/t17-,21-/m1/s1. The first-order valence-corrected chi connectivity index (χ1v) is 9.69. The Bertz CT molecular complexity index is 889. The van der Waals surface area contributed by atoms with Crippen LogP contribution in [0, 0.1) is 11.7 Å². The number of ether oxygens (including phenoxy) is 3. The average molecular weight is 400 g/mol. The summed E-state index contributed by atoms with van der Waals surface area (Å²) in [4.78, 5) is 7.91. The molecule has 2 aliphatic rings. The number of methoxy groups -OCH3 is 2. The van der Waals surface area contributed by atoms with E-state index in [9.17, 15) is 4.39 Å². The number of hydrogen-bond acceptors (Lipinski definition) is 6. The number of benzene rings is 2. The van der Waals surface area contributed by atoms with Gasteiger partial charge in [0.2, 0.25) is 0 Å². The van der Waals surface area contributed by atoms with Crippen LogP contribution in [0.4, 0.5) is 4.39 Å². The van der Waals surface area contributed by atoms with E-state index >= 15 is 0 Å². The van der Waals surface area contributed by atoms with Crippen LogP contribution >= 0.6 is 0 Å². The minimum Gasteiger partial charge on any atom is -0.493 e. The maximum absolute atomic E-state index is 14.2. The van der Waals surface area contributed by atoms with Gasteiger partial charge in [-0.3, -0.25) is 4.90 Å². The van der Waals surface area contributed by atoms with Crippen molar-refractivity contribution in [2.24, 2.45) is 11.1 Å². The summed E-state index contributed by atoms with van der Waals surface area (Å²) >= 11 is 0. The topological polar surface area (TPSA) is 52.5 Å². The molecular weight excluding hydrogens is 375 g/mol. The minimum absolute atomic E-state index is 0.0387. The fourth-order valence-corrected chi connectivity index (χ4v) is 3.88. The van der Waals surface area contributed by atoms with E-state index < -0.39 is 0 Å². The molecule has 0 radical (unpaired) electrons. The van der Waals surface area contributed by atoms with Crippen molar-refractivity contribution < 1.29 is 23.4 Å². The van der Waals surface area contributed by atoms with Crippen molar-refractivity contribution in [3.8, 4) is 11.5 Å². The molecular formula is C22H25FN2O4. The molecule has 0 aromatic heterocycles. The van der Waals surface area contributed by atoms with Crippen molar-refractivity contribution in [3.05, 3.63) is 59.4 Å². The Labute approximate surface area is 169 Å². The van der Waals surface area contributed by atoms with Gasteiger partial charge >= 0.3 is 0 Å². The van der Waals surface area contributed by atoms with E-state index in [-0.39, 0.29) is 17.8 Å². The van der Waals surface area contributed by atoms with Crippen LogP contribution in [0.15, 0.2) is 47.6 Å². The van der Waals surface area contributed by atoms with Crippen LogP contribution < -0.4 is 9.47 Å². The van der Waals surface area contributed by atoms with Gasteiger partial charge in [-0.15, -0.1) is 0 Å². The minimum atomic E-state index is -0.261. The largest absolute Gasteiger partial charge is 0.493 e. The van der Waals surface area contributed by atoms with Crippen molar-refractivity contribution in [1.29, 1.82) is 0 Å². The molecule has 0 amide bonds. The van der Waals surface area contributed by atoms with Crippen LogP contribution in [0.5, 0.6) is 11.5 Å². The zero-order valence-corrected chi connectivity index (χ0v) is 16.6. The SMILES string of the molecule is COCCOc1ccc(CN2C[C@H]3ON=C(c4ccccc4F)[C@@H]3C2)cc1OC. The van der Waals surface area contributed by atoms with Gasteiger partial charge in [0, 0.05) is 32.3 Å². The summed E-state index contributed by atoms with van der Waals surface area (Å²) < 4.78 is 30.4. The van der Waals surface area contributed by atoms with Gasteiger partial charge in [0.1, 0.15) is 18.5 Å². The van der Waals surface area contributed by atoms with E-state index in [1.165, 1.54) is 6.07 Å². The number of likely N-dealkylation sites (tertiary alicyclic amines) is 1. The second-order valence-electron chi connectivity index (χ2n) is 7.23. The zero-order valence-electron chi connectivity index (χ0n) is 16.6. The van der Waals surface area contributed by atoms with Crippen molar-refractivity contribution in [2.75, 3.05) is 40.5 Å². The first kappa shape index (κ1) is 19.7. The Balaban J connectivity index is 1.42. The van der Waals surface area contributed by atoms with Gasteiger partial charge in [-0.2, -0.15) is 0 Å². The second kappa shape index (κ2) is 8.80. The molecule has 6 nitrogen and oxygen atoms in total. The van der Waals surface area contributed by atoms with Gasteiger partial charge in [-0.05, 0) is 23.8 Å². The van der Waals surface area contributed by atoms with Crippen LogP contribution in [-0.2, 0) is 16.1 Å². The van der Waals surface area contributed by atoms with E-state index in [0.717, 1.165) is 25.2 Å². The monoisotopic (exact) mass is 400 g/mol. The third-order valence-corrected chi connectivity index (χ3v) is 5.31. The van der Waals surface area contributed by atoms with Crippen LogP contribution in [0.25, 0.3) is 0 Å². The van der Waals surface area contributed by atoms with Crippen LogP contribution in [0.1, 0.15) is 11.1 Å². The van der Waals surface area contributed by atoms with Gasteiger partial charge < -0.3 is 19.0 Å². The molecule has 2 atom stereocenters. The molecule has 1 fully saturated rings. The molecule has 0 spiro atoms. The lowest BCUT2D eigenvalue weighted by molar-refractivity contribution is 0.0745. The van der Waals surface area contributed by atoms with Crippen molar-refractivity contribution >= 4 is 5.71 Å². The summed E-state index contributed by atoms with van der Waals surface area (Å²) in [6.07, 6.45) is -0.0387. The molecule has 1 saturated heterocycles. The zero-order chi connectivity index (χ0) is 20.2. The maximum Gasteiger partial charge on any atom is 0.161 e. The highest BCUT2D eigenvalue weighted by Crippen LogP contribution is 2.33. The third kappa shape index (κ3) is 4.21. The van der Waals surface area contributed by atoms with Crippen molar-refractivity contribution in [2.45, 2.75) is 12.6 Å². The lowest BCUT2D eigenvalue weighted by atomic mass is 9.94. The Morgan fingerprint density at radius 3 is 2.76 bits per heavy atom. The van der Waals surface area contributed by atoms with E-state index in [4.69, 9.17) is 19.0 Å². The molecule has 7 heteroatoms. The van der Waals surface area contributed by atoms with Crippen LogP contribution in [0.3, 0.4) is 0 Å². The van der Waals surface area contributed by atoms with Gasteiger partial charge in [-0.25, -0.2) is 4.39 Å². The van der Waals surface area contributed by atoms with Gasteiger partial charge in [0.25, 0.3) is 0 Å². The number of oxime groups is 1. The van der Waals surface area contributed by atoms with E-state index in [1.54, 1.807) is 26.4 Å². The molecule has 0 bridgehead atoms.